The van der Waals surface area contributed by atoms with Crippen LogP contribution in [0.1, 0.15) is 0 Å². The van der Waals surface area contributed by atoms with Crippen molar-refractivity contribution in [3.8, 4) is 5.75 Å². The zero-order valence-corrected chi connectivity index (χ0v) is 11.8. The Morgan fingerprint density at radius 2 is 2.14 bits per heavy atom. The van der Waals surface area contributed by atoms with E-state index < -0.39 is 18.6 Å². The quantitative estimate of drug-likeness (QED) is 0.782. The van der Waals surface area contributed by atoms with Crippen molar-refractivity contribution in [2.24, 2.45) is 0 Å². The minimum absolute atomic E-state index is 0.153. The minimum Gasteiger partial charge on any atom is -0.482 e. The minimum atomic E-state index is -4.47. The standard InChI is InChI=1S/C12H11ClF3N3O3/c13-6-1-8-9(22-4-11(21)19-8)2-7(6)17-3-10(20)18-5-12(14,15)16/h1-2,17H,3-5H2,(H,18,20)(H,19,21). The molecule has 0 radical (unpaired) electrons. The number of fused-ring (bicyclic) bond motifs is 1. The normalized spacial score (nSPS) is 13.7. The van der Waals surface area contributed by atoms with Gasteiger partial charge in [0.05, 0.1) is 22.9 Å². The molecule has 1 heterocycles. The van der Waals surface area contributed by atoms with E-state index in [1.54, 1.807) is 5.32 Å². The Balaban J connectivity index is 1.96. The van der Waals surface area contributed by atoms with Crippen molar-refractivity contribution in [3.63, 3.8) is 0 Å². The summed E-state index contributed by atoms with van der Waals surface area (Å²) >= 11 is 5.96. The molecule has 1 aromatic rings. The SMILES string of the molecule is O=C(CNc1cc2c(cc1Cl)NC(=O)CO2)NCC(F)(F)F. The predicted molar refractivity (Wildman–Crippen MR) is 73.1 cm³/mol. The molecule has 3 N–H and O–H groups in total. The van der Waals surface area contributed by atoms with Gasteiger partial charge in [-0.3, -0.25) is 9.59 Å². The molecule has 2 amide bonds. The lowest BCUT2D eigenvalue weighted by Gasteiger charge is -2.20. The van der Waals surface area contributed by atoms with Crippen molar-refractivity contribution in [1.82, 2.24) is 5.32 Å². The molecular weight excluding hydrogens is 327 g/mol. The molecule has 0 aromatic heterocycles. The lowest BCUT2D eigenvalue weighted by Crippen LogP contribution is -2.37. The van der Waals surface area contributed by atoms with Crippen LogP contribution in [0.25, 0.3) is 0 Å². The van der Waals surface area contributed by atoms with Crippen LogP contribution in [-0.4, -0.2) is 37.7 Å². The third-order valence-electron chi connectivity index (χ3n) is 2.63. The Bertz CT molecular complexity index is 607. The molecule has 0 saturated carbocycles. The number of anilines is 2. The fourth-order valence-electron chi connectivity index (χ4n) is 1.67. The number of carbonyl (C=O) groups excluding carboxylic acids is 2. The van der Waals surface area contributed by atoms with Gasteiger partial charge in [-0.2, -0.15) is 13.2 Å². The Labute approximate surface area is 128 Å². The van der Waals surface area contributed by atoms with Gasteiger partial charge in [-0.05, 0) is 6.07 Å². The summed E-state index contributed by atoms with van der Waals surface area (Å²) in [5.41, 5.74) is 0.687. The smallest absolute Gasteiger partial charge is 0.405 e. The van der Waals surface area contributed by atoms with Gasteiger partial charge in [0.2, 0.25) is 5.91 Å². The highest BCUT2D eigenvalue weighted by atomic mass is 35.5. The maximum Gasteiger partial charge on any atom is 0.405 e. The summed E-state index contributed by atoms with van der Waals surface area (Å²) in [7, 11) is 0. The number of benzene rings is 1. The van der Waals surface area contributed by atoms with E-state index in [2.05, 4.69) is 10.6 Å². The Kier molecular flexibility index (Phi) is 4.65. The van der Waals surface area contributed by atoms with Gasteiger partial charge < -0.3 is 20.7 Å². The van der Waals surface area contributed by atoms with E-state index in [4.69, 9.17) is 16.3 Å². The van der Waals surface area contributed by atoms with Crippen LogP contribution in [0.2, 0.25) is 5.02 Å². The summed E-state index contributed by atoms with van der Waals surface area (Å²) < 4.78 is 41.0. The van der Waals surface area contributed by atoms with Crippen LogP contribution in [0.3, 0.4) is 0 Å². The third-order valence-corrected chi connectivity index (χ3v) is 2.94. The molecule has 120 valence electrons. The fourth-order valence-corrected chi connectivity index (χ4v) is 1.90. The number of ether oxygens (including phenoxy) is 1. The summed E-state index contributed by atoms with van der Waals surface area (Å²) in [5, 5.41) is 7.07. The molecule has 1 aliphatic rings. The number of carbonyl (C=O) groups is 2. The van der Waals surface area contributed by atoms with Gasteiger partial charge >= 0.3 is 6.18 Å². The first-order chi connectivity index (χ1) is 10.2. The molecule has 0 atom stereocenters. The first-order valence-electron chi connectivity index (χ1n) is 6.08. The first kappa shape index (κ1) is 16.2. The van der Waals surface area contributed by atoms with Crippen LogP contribution >= 0.6 is 11.6 Å². The highest BCUT2D eigenvalue weighted by Crippen LogP contribution is 2.36. The van der Waals surface area contributed by atoms with Crippen molar-refractivity contribution in [2.75, 3.05) is 30.3 Å². The molecule has 0 unspecified atom stereocenters. The zero-order valence-electron chi connectivity index (χ0n) is 11.0. The maximum atomic E-state index is 12.0. The molecule has 0 saturated heterocycles. The van der Waals surface area contributed by atoms with Crippen LogP contribution < -0.4 is 20.7 Å². The molecule has 10 heteroatoms. The van der Waals surface area contributed by atoms with Gasteiger partial charge in [-0.25, -0.2) is 0 Å². The van der Waals surface area contributed by atoms with Gasteiger partial charge in [-0.15, -0.1) is 0 Å². The maximum absolute atomic E-state index is 12.0. The molecule has 0 spiro atoms. The number of halogens is 4. The lowest BCUT2D eigenvalue weighted by atomic mass is 10.2. The predicted octanol–water partition coefficient (Wildman–Crippen LogP) is 1.76. The highest BCUT2D eigenvalue weighted by Gasteiger charge is 2.27. The second-order valence-corrected chi connectivity index (χ2v) is 4.82. The van der Waals surface area contributed by atoms with E-state index in [0.717, 1.165) is 0 Å². The van der Waals surface area contributed by atoms with Gasteiger partial charge in [0.1, 0.15) is 12.3 Å². The molecule has 2 rings (SSSR count). The molecule has 6 nitrogen and oxygen atoms in total. The Hall–Kier alpha value is -2.16. The lowest BCUT2D eigenvalue weighted by molar-refractivity contribution is -0.137. The van der Waals surface area contributed by atoms with E-state index in [-0.39, 0.29) is 24.1 Å². The molecule has 0 aliphatic carbocycles. The van der Waals surface area contributed by atoms with E-state index in [0.29, 0.717) is 17.1 Å². The van der Waals surface area contributed by atoms with Crippen LogP contribution in [0.5, 0.6) is 5.75 Å². The number of hydrogen-bond donors (Lipinski definition) is 3. The topological polar surface area (TPSA) is 79.5 Å². The molecule has 1 aromatic carbocycles. The summed E-state index contributed by atoms with van der Waals surface area (Å²) in [6.45, 7) is -1.94. The molecule has 1 aliphatic heterocycles. The molecule has 0 bridgehead atoms. The monoisotopic (exact) mass is 337 g/mol. The van der Waals surface area contributed by atoms with E-state index in [1.165, 1.54) is 12.1 Å². The Morgan fingerprint density at radius 1 is 1.41 bits per heavy atom. The highest BCUT2D eigenvalue weighted by molar-refractivity contribution is 6.33. The fraction of sp³-hybridized carbons (Fsp3) is 0.333. The van der Waals surface area contributed by atoms with Crippen molar-refractivity contribution < 1.29 is 27.5 Å². The number of amides is 2. The molecule has 22 heavy (non-hydrogen) atoms. The van der Waals surface area contributed by atoms with E-state index in [1.807, 2.05) is 0 Å². The van der Waals surface area contributed by atoms with Crippen molar-refractivity contribution in [1.29, 1.82) is 0 Å². The number of rotatable bonds is 4. The summed E-state index contributed by atoms with van der Waals surface area (Å²) in [5.74, 6) is -0.807. The average Bonchev–Trinajstić information content (AvgIpc) is 2.42. The number of alkyl halides is 3. The van der Waals surface area contributed by atoms with Gasteiger partial charge in [0, 0.05) is 6.07 Å². The second kappa shape index (κ2) is 6.30. The molecule has 0 fully saturated rings. The average molecular weight is 338 g/mol. The second-order valence-electron chi connectivity index (χ2n) is 4.41. The summed E-state index contributed by atoms with van der Waals surface area (Å²) in [4.78, 5) is 22.5. The molecular formula is C12H11ClF3N3O3. The van der Waals surface area contributed by atoms with E-state index in [9.17, 15) is 22.8 Å². The van der Waals surface area contributed by atoms with Crippen LogP contribution in [-0.2, 0) is 9.59 Å². The zero-order chi connectivity index (χ0) is 16.3. The Morgan fingerprint density at radius 3 is 2.82 bits per heavy atom. The van der Waals surface area contributed by atoms with E-state index >= 15 is 0 Å². The van der Waals surface area contributed by atoms with Crippen molar-refractivity contribution in [2.45, 2.75) is 6.18 Å². The van der Waals surface area contributed by atoms with Crippen LogP contribution in [0.15, 0.2) is 12.1 Å². The first-order valence-corrected chi connectivity index (χ1v) is 6.46. The van der Waals surface area contributed by atoms with Gasteiger partial charge in [0.25, 0.3) is 5.91 Å². The van der Waals surface area contributed by atoms with Crippen LogP contribution in [0, 0.1) is 0 Å². The summed E-state index contributed by atoms with van der Waals surface area (Å²) in [6.07, 6.45) is -4.47. The number of hydrogen-bond acceptors (Lipinski definition) is 4. The van der Waals surface area contributed by atoms with Gasteiger partial charge in [0.15, 0.2) is 6.61 Å². The largest absolute Gasteiger partial charge is 0.482 e. The summed E-state index contributed by atoms with van der Waals surface area (Å²) in [6, 6.07) is 2.87. The van der Waals surface area contributed by atoms with Crippen LogP contribution in [0.4, 0.5) is 24.5 Å². The van der Waals surface area contributed by atoms with Crippen molar-refractivity contribution in [3.05, 3.63) is 17.2 Å². The van der Waals surface area contributed by atoms with Crippen molar-refractivity contribution >= 4 is 34.8 Å². The van der Waals surface area contributed by atoms with Gasteiger partial charge in [-0.1, -0.05) is 11.6 Å². The number of nitrogens with one attached hydrogen (secondary N) is 3. The third kappa shape index (κ3) is 4.42.